The number of imide groups is 1. The van der Waals surface area contributed by atoms with Crippen molar-refractivity contribution in [3.05, 3.63) is 34.7 Å². The number of ether oxygens (including phenoxy) is 2. The summed E-state index contributed by atoms with van der Waals surface area (Å²) in [6, 6.07) is 6.59. The van der Waals surface area contributed by atoms with Gasteiger partial charge in [0.15, 0.2) is 6.61 Å². The number of benzene rings is 1. The largest absolute Gasteiger partial charge is 0.484 e. The van der Waals surface area contributed by atoms with Gasteiger partial charge in [-0.25, -0.2) is 0 Å². The van der Waals surface area contributed by atoms with Gasteiger partial charge in [0.1, 0.15) is 12.3 Å². The van der Waals surface area contributed by atoms with Crippen LogP contribution in [0.1, 0.15) is 5.56 Å². The van der Waals surface area contributed by atoms with Crippen LogP contribution < -0.4 is 10.5 Å². The van der Waals surface area contributed by atoms with E-state index < -0.39 is 29.6 Å². The van der Waals surface area contributed by atoms with E-state index in [-0.39, 0.29) is 11.5 Å². The van der Waals surface area contributed by atoms with Gasteiger partial charge in [-0.3, -0.25) is 24.1 Å². The molecule has 9 heteroatoms. The van der Waals surface area contributed by atoms with Gasteiger partial charge < -0.3 is 15.2 Å². The van der Waals surface area contributed by atoms with Gasteiger partial charge in [0.25, 0.3) is 17.1 Å². The van der Waals surface area contributed by atoms with Crippen LogP contribution in [-0.4, -0.2) is 48.2 Å². The number of methoxy groups -OCH3 is 1. The molecule has 1 aliphatic heterocycles. The normalized spacial score (nSPS) is 15.7. The number of primary amides is 1. The van der Waals surface area contributed by atoms with Crippen LogP contribution in [0.25, 0.3) is 6.08 Å². The maximum atomic E-state index is 12.2. The van der Waals surface area contributed by atoms with Crippen LogP contribution in [0.15, 0.2) is 29.2 Å². The third kappa shape index (κ3) is 4.35. The SMILES string of the molecule is COC(=O)CN1C(=O)S/C(=C\c2cccc(OCC(N)=O)c2)C1=O. The van der Waals surface area contributed by atoms with Crippen LogP contribution in [0.4, 0.5) is 4.79 Å². The van der Waals surface area contributed by atoms with E-state index >= 15 is 0 Å². The zero-order valence-electron chi connectivity index (χ0n) is 12.7. The summed E-state index contributed by atoms with van der Waals surface area (Å²) < 4.78 is 9.63. The van der Waals surface area contributed by atoms with Crippen LogP contribution in [-0.2, 0) is 19.1 Å². The first-order chi connectivity index (χ1) is 11.4. The van der Waals surface area contributed by atoms with Gasteiger partial charge in [-0.2, -0.15) is 0 Å². The van der Waals surface area contributed by atoms with Gasteiger partial charge in [-0.15, -0.1) is 0 Å². The van der Waals surface area contributed by atoms with Gasteiger partial charge in [-0.05, 0) is 35.5 Å². The Hall–Kier alpha value is -2.81. The maximum Gasteiger partial charge on any atom is 0.325 e. The van der Waals surface area contributed by atoms with Gasteiger partial charge >= 0.3 is 5.97 Å². The van der Waals surface area contributed by atoms with Gasteiger partial charge in [0, 0.05) is 0 Å². The number of hydrogen-bond donors (Lipinski definition) is 1. The van der Waals surface area contributed by atoms with Crippen molar-refractivity contribution in [3.8, 4) is 5.75 Å². The zero-order chi connectivity index (χ0) is 17.7. The summed E-state index contributed by atoms with van der Waals surface area (Å²) in [6.07, 6.45) is 1.50. The first kappa shape index (κ1) is 17.5. The van der Waals surface area contributed by atoms with Gasteiger partial charge in [0.2, 0.25) is 0 Å². The number of amides is 3. The fourth-order valence-electron chi connectivity index (χ4n) is 1.83. The average molecular weight is 350 g/mol. The molecule has 0 bridgehead atoms. The number of rotatable bonds is 6. The molecule has 0 unspecified atom stereocenters. The fraction of sp³-hybridized carbons (Fsp3) is 0.200. The molecule has 2 rings (SSSR count). The molecule has 2 N–H and O–H groups in total. The molecular formula is C15H14N2O6S. The lowest BCUT2D eigenvalue weighted by Crippen LogP contribution is -2.34. The Bertz CT molecular complexity index is 730. The quantitative estimate of drug-likeness (QED) is 0.595. The molecule has 126 valence electrons. The third-order valence-electron chi connectivity index (χ3n) is 2.93. The molecule has 0 aliphatic carbocycles. The molecule has 1 aromatic carbocycles. The Kier molecular flexibility index (Phi) is 5.59. The van der Waals surface area contributed by atoms with E-state index in [0.29, 0.717) is 11.3 Å². The summed E-state index contributed by atoms with van der Waals surface area (Å²) in [5, 5.41) is -0.544. The Morgan fingerprint density at radius 2 is 2.08 bits per heavy atom. The van der Waals surface area contributed by atoms with Crippen LogP contribution in [0.3, 0.4) is 0 Å². The molecule has 8 nitrogen and oxygen atoms in total. The molecule has 1 fully saturated rings. The monoisotopic (exact) mass is 350 g/mol. The van der Waals surface area contributed by atoms with E-state index in [1.807, 2.05) is 0 Å². The van der Waals surface area contributed by atoms with Gasteiger partial charge in [-0.1, -0.05) is 12.1 Å². The minimum Gasteiger partial charge on any atom is -0.484 e. The van der Waals surface area contributed by atoms with E-state index in [9.17, 15) is 19.2 Å². The van der Waals surface area contributed by atoms with Crippen LogP contribution in [0.5, 0.6) is 5.75 Å². The lowest BCUT2D eigenvalue weighted by molar-refractivity contribution is -0.143. The Morgan fingerprint density at radius 1 is 1.33 bits per heavy atom. The lowest BCUT2D eigenvalue weighted by Gasteiger charge is -2.09. The molecule has 3 amide bonds. The lowest BCUT2D eigenvalue weighted by atomic mass is 10.2. The Balaban J connectivity index is 2.15. The van der Waals surface area contributed by atoms with E-state index in [2.05, 4.69) is 4.74 Å². The van der Waals surface area contributed by atoms with Crippen molar-refractivity contribution in [1.82, 2.24) is 4.90 Å². The minimum absolute atomic E-state index is 0.177. The number of esters is 1. The number of carbonyl (C=O) groups excluding carboxylic acids is 4. The predicted octanol–water partition coefficient (Wildman–Crippen LogP) is 0.760. The van der Waals surface area contributed by atoms with Crippen molar-refractivity contribution in [1.29, 1.82) is 0 Å². The maximum absolute atomic E-state index is 12.2. The number of nitrogens with zero attached hydrogens (tertiary/aromatic N) is 1. The summed E-state index contributed by atoms with van der Waals surface area (Å²) in [5.41, 5.74) is 5.60. The van der Waals surface area contributed by atoms with Crippen molar-refractivity contribution in [2.24, 2.45) is 5.73 Å². The van der Waals surface area contributed by atoms with Crippen LogP contribution in [0, 0.1) is 0 Å². The van der Waals surface area contributed by atoms with E-state index in [1.54, 1.807) is 24.3 Å². The summed E-state index contributed by atoms with van der Waals surface area (Å²) >= 11 is 0.729. The van der Waals surface area contributed by atoms with Gasteiger partial charge in [0.05, 0.1) is 12.0 Å². The van der Waals surface area contributed by atoms with E-state index in [4.69, 9.17) is 10.5 Å². The molecule has 24 heavy (non-hydrogen) atoms. The van der Waals surface area contributed by atoms with E-state index in [0.717, 1.165) is 16.7 Å². The number of hydrogen-bond acceptors (Lipinski definition) is 7. The van der Waals surface area contributed by atoms with Crippen molar-refractivity contribution in [2.75, 3.05) is 20.3 Å². The topological polar surface area (TPSA) is 116 Å². The summed E-state index contributed by atoms with van der Waals surface area (Å²) in [5.74, 6) is -1.46. The van der Waals surface area contributed by atoms with Crippen LogP contribution in [0.2, 0.25) is 0 Å². The minimum atomic E-state index is -0.680. The highest BCUT2D eigenvalue weighted by atomic mass is 32.2. The number of carbonyl (C=O) groups is 4. The summed E-state index contributed by atoms with van der Waals surface area (Å²) in [7, 11) is 1.18. The second kappa shape index (κ2) is 7.64. The predicted molar refractivity (Wildman–Crippen MR) is 85.8 cm³/mol. The molecular weight excluding hydrogens is 336 g/mol. The van der Waals surface area contributed by atoms with E-state index in [1.165, 1.54) is 13.2 Å². The molecule has 1 heterocycles. The highest BCUT2D eigenvalue weighted by molar-refractivity contribution is 8.18. The smallest absolute Gasteiger partial charge is 0.325 e. The molecule has 1 aliphatic rings. The fourth-order valence-corrected chi connectivity index (χ4v) is 2.67. The molecule has 0 atom stereocenters. The molecule has 1 saturated heterocycles. The first-order valence-electron chi connectivity index (χ1n) is 6.74. The third-order valence-corrected chi connectivity index (χ3v) is 3.83. The second-order valence-electron chi connectivity index (χ2n) is 4.67. The van der Waals surface area contributed by atoms with Crippen LogP contribution >= 0.6 is 11.8 Å². The second-order valence-corrected chi connectivity index (χ2v) is 5.66. The zero-order valence-corrected chi connectivity index (χ0v) is 13.5. The Morgan fingerprint density at radius 3 is 2.75 bits per heavy atom. The molecule has 0 spiro atoms. The highest BCUT2D eigenvalue weighted by Gasteiger charge is 2.36. The Labute approximate surface area is 141 Å². The van der Waals surface area contributed by atoms with Crippen molar-refractivity contribution >= 4 is 40.9 Å². The average Bonchev–Trinajstić information content (AvgIpc) is 2.80. The van der Waals surface area contributed by atoms with Crippen molar-refractivity contribution in [2.45, 2.75) is 0 Å². The molecule has 0 saturated carbocycles. The number of thioether (sulfide) groups is 1. The summed E-state index contributed by atoms with van der Waals surface area (Å²) in [6.45, 7) is -0.695. The molecule has 0 aromatic heterocycles. The molecule has 1 aromatic rings. The highest BCUT2D eigenvalue weighted by Crippen LogP contribution is 2.32. The summed E-state index contributed by atoms with van der Waals surface area (Å²) in [4.78, 5) is 47.0. The molecule has 0 radical (unpaired) electrons. The van der Waals surface area contributed by atoms with Crippen molar-refractivity contribution < 1.29 is 28.7 Å². The first-order valence-corrected chi connectivity index (χ1v) is 7.55. The standard InChI is InChI=1S/C15H14N2O6S/c1-22-13(19)7-17-14(20)11(24-15(17)21)6-9-3-2-4-10(5-9)23-8-12(16)18/h2-6H,7-8H2,1H3,(H2,16,18)/b11-6-. The van der Waals surface area contributed by atoms with Crippen molar-refractivity contribution in [3.63, 3.8) is 0 Å². The number of nitrogens with two attached hydrogens (primary N) is 1.